The lowest BCUT2D eigenvalue weighted by atomic mass is 9.90. The quantitative estimate of drug-likeness (QED) is 0.390. The second-order valence-electron chi connectivity index (χ2n) is 10.1. The zero-order valence-electron chi connectivity index (χ0n) is 21.7. The summed E-state index contributed by atoms with van der Waals surface area (Å²) in [5, 5.41) is -0.286. The maximum atomic E-state index is 14.4. The number of rotatable bonds is 10. The van der Waals surface area contributed by atoms with Gasteiger partial charge in [-0.15, -0.1) is 0 Å². The number of nitrogens with one attached hydrogen (secondary N) is 1. The number of pyridine rings is 2. The Bertz CT molecular complexity index is 1450. The molecule has 0 bridgehead atoms. The van der Waals surface area contributed by atoms with Crippen molar-refractivity contribution in [2.75, 3.05) is 26.4 Å². The minimum absolute atomic E-state index is 0. The van der Waals surface area contributed by atoms with Gasteiger partial charge in [-0.05, 0) is 49.2 Å². The molecule has 0 aliphatic carbocycles. The van der Waals surface area contributed by atoms with E-state index < -0.39 is 21.7 Å². The summed E-state index contributed by atoms with van der Waals surface area (Å²) in [5.74, 6) is -0.938. The van der Waals surface area contributed by atoms with Crippen LogP contribution in [-0.2, 0) is 14.8 Å². The summed E-state index contributed by atoms with van der Waals surface area (Å²) in [4.78, 5) is 21.6. The van der Waals surface area contributed by atoms with Gasteiger partial charge in [0.2, 0.25) is 5.88 Å². The molecule has 0 unspecified atom stereocenters. The van der Waals surface area contributed by atoms with Gasteiger partial charge in [0.25, 0.3) is 15.9 Å². The molecule has 1 saturated heterocycles. The fourth-order valence-corrected chi connectivity index (χ4v) is 4.59. The van der Waals surface area contributed by atoms with Crippen LogP contribution in [0.25, 0.3) is 11.3 Å². The second kappa shape index (κ2) is 11.0. The summed E-state index contributed by atoms with van der Waals surface area (Å²) in [6.45, 7) is 9.11. The molecule has 1 N–H and O–H groups in total. The Hall–Kier alpha value is -3.57. The van der Waals surface area contributed by atoms with Gasteiger partial charge in [0.15, 0.2) is 5.03 Å². The second-order valence-corrected chi connectivity index (χ2v) is 11.7. The number of halogens is 1. The number of aromatic nitrogens is 2. The minimum atomic E-state index is -4.25. The smallest absolute Gasteiger partial charge is 0.281 e. The van der Waals surface area contributed by atoms with Crippen molar-refractivity contribution in [1.82, 2.24) is 14.7 Å². The van der Waals surface area contributed by atoms with Gasteiger partial charge in [-0.2, -0.15) is 8.42 Å². The number of aryl methyl sites for hydroxylation is 1. The lowest BCUT2D eigenvalue weighted by Gasteiger charge is -2.37. The lowest BCUT2D eigenvalue weighted by molar-refractivity contribution is -0.120. The molecule has 0 saturated carbocycles. The minimum Gasteiger partial charge on any atom is -0.493 e. The first-order chi connectivity index (χ1) is 17.9. The highest BCUT2D eigenvalue weighted by atomic mass is 32.2. The molecule has 0 radical (unpaired) electrons. The summed E-state index contributed by atoms with van der Waals surface area (Å²) in [6.07, 6.45) is 0. The maximum absolute atomic E-state index is 14.4. The van der Waals surface area contributed by atoms with Crippen molar-refractivity contribution in [1.29, 1.82) is 0 Å². The number of hydrogen-bond acceptors (Lipinski definition) is 8. The predicted molar refractivity (Wildman–Crippen MR) is 142 cm³/mol. The van der Waals surface area contributed by atoms with Crippen LogP contribution in [0.4, 0.5) is 4.39 Å². The van der Waals surface area contributed by atoms with Gasteiger partial charge in [-0.1, -0.05) is 26.8 Å². The summed E-state index contributed by atoms with van der Waals surface area (Å²) in [7, 11) is -4.25. The van der Waals surface area contributed by atoms with Crippen LogP contribution in [0.15, 0.2) is 53.6 Å². The van der Waals surface area contributed by atoms with Crippen LogP contribution in [-0.4, -0.2) is 50.7 Å². The third-order valence-electron chi connectivity index (χ3n) is 5.68. The van der Waals surface area contributed by atoms with Crippen molar-refractivity contribution in [3.63, 3.8) is 0 Å². The van der Waals surface area contributed by atoms with Crippen LogP contribution in [0, 0.1) is 24.1 Å². The third kappa shape index (κ3) is 6.65. The average Bonchev–Trinajstić information content (AvgIpc) is 2.84. The van der Waals surface area contributed by atoms with E-state index in [0.29, 0.717) is 42.5 Å². The molecule has 1 aliphatic heterocycles. The average molecular weight is 548 g/mol. The number of carbonyl (C=O) groups excluding carboxylic acids is 1. The molecule has 9 nitrogen and oxygen atoms in total. The fourth-order valence-electron chi connectivity index (χ4n) is 3.61. The van der Waals surface area contributed by atoms with Crippen LogP contribution in [0.1, 0.15) is 39.7 Å². The number of hydrogen-bond donors (Lipinski definition) is 1. The molecule has 3 heterocycles. The van der Waals surface area contributed by atoms with E-state index in [2.05, 4.69) is 9.97 Å². The van der Waals surface area contributed by atoms with Gasteiger partial charge in [0.05, 0.1) is 32.1 Å². The normalized spacial score (nSPS) is 14.6. The van der Waals surface area contributed by atoms with Crippen molar-refractivity contribution in [2.24, 2.45) is 11.3 Å². The van der Waals surface area contributed by atoms with Crippen LogP contribution in [0.3, 0.4) is 0 Å². The number of ether oxygens (including phenoxy) is 3. The summed E-state index contributed by atoms with van der Waals surface area (Å²) < 4.78 is 58.9. The monoisotopic (exact) mass is 547 g/mol. The topological polar surface area (TPSA) is 117 Å². The van der Waals surface area contributed by atoms with E-state index in [-0.39, 0.29) is 37.3 Å². The first-order valence-corrected chi connectivity index (χ1v) is 13.6. The van der Waals surface area contributed by atoms with E-state index in [1.807, 2.05) is 25.5 Å². The Morgan fingerprint density at radius 3 is 2.58 bits per heavy atom. The Morgan fingerprint density at radius 2 is 1.92 bits per heavy atom. The molecule has 206 valence electrons. The maximum Gasteiger partial charge on any atom is 0.281 e. The molecule has 1 aliphatic rings. The molecule has 38 heavy (non-hydrogen) atoms. The zero-order chi connectivity index (χ0) is 27.5. The van der Waals surface area contributed by atoms with E-state index >= 15 is 0 Å². The molecular formula is C27H34FN3O6S. The molecule has 11 heteroatoms. The van der Waals surface area contributed by atoms with E-state index in [0.717, 1.165) is 0 Å². The van der Waals surface area contributed by atoms with Crippen molar-refractivity contribution >= 4 is 15.9 Å². The van der Waals surface area contributed by atoms with Gasteiger partial charge >= 0.3 is 0 Å². The highest BCUT2D eigenvalue weighted by molar-refractivity contribution is 7.90. The molecule has 2 aromatic heterocycles. The number of amides is 1. The lowest BCUT2D eigenvalue weighted by Crippen LogP contribution is -2.44. The molecular weight excluding hydrogens is 513 g/mol. The largest absolute Gasteiger partial charge is 0.493 e. The van der Waals surface area contributed by atoms with Crippen molar-refractivity contribution in [3.05, 3.63) is 65.6 Å². The van der Waals surface area contributed by atoms with Gasteiger partial charge in [0.1, 0.15) is 17.1 Å². The highest BCUT2D eigenvalue weighted by Gasteiger charge is 2.35. The molecule has 1 amide bonds. The van der Waals surface area contributed by atoms with E-state index in [1.54, 1.807) is 19.1 Å². The number of sulfonamides is 1. The van der Waals surface area contributed by atoms with Crippen LogP contribution >= 0.6 is 0 Å². The van der Waals surface area contributed by atoms with E-state index in [4.69, 9.17) is 14.2 Å². The predicted octanol–water partition coefficient (Wildman–Crippen LogP) is 4.65. The van der Waals surface area contributed by atoms with Gasteiger partial charge in [-0.25, -0.2) is 19.1 Å². The number of nitrogens with zero attached hydrogens (tertiary/aromatic N) is 2. The Balaban J connectivity index is 0.00000280. The van der Waals surface area contributed by atoms with Crippen LogP contribution in [0.5, 0.6) is 11.6 Å². The number of benzene rings is 1. The molecule has 0 spiro atoms. The van der Waals surface area contributed by atoms with Crippen molar-refractivity contribution < 1.29 is 34.7 Å². The Labute approximate surface area is 224 Å². The molecule has 0 atom stereocenters. The Morgan fingerprint density at radius 1 is 1.16 bits per heavy atom. The third-order valence-corrected chi connectivity index (χ3v) is 6.91. The Kier molecular flexibility index (Phi) is 7.98. The summed E-state index contributed by atoms with van der Waals surface area (Å²) >= 11 is 0. The molecule has 4 rings (SSSR count). The van der Waals surface area contributed by atoms with Crippen molar-refractivity contribution in [2.45, 2.75) is 32.7 Å². The van der Waals surface area contributed by atoms with Crippen molar-refractivity contribution in [3.8, 4) is 22.9 Å². The highest BCUT2D eigenvalue weighted by Crippen LogP contribution is 2.31. The summed E-state index contributed by atoms with van der Waals surface area (Å²) in [6, 6.07) is 11.6. The summed E-state index contributed by atoms with van der Waals surface area (Å²) in [5.41, 5.74) is 0.846. The zero-order valence-corrected chi connectivity index (χ0v) is 22.5. The standard InChI is InChI=1S/C27H30FN3O6S.2H2/c1-17(2)13-36-21-11-19(10-20(28)12-21)23-9-8-22(26(30-23)37-16-27(4)14-35-15-27)25(32)31-38(33,34)24-7-5-6-18(3)29-24;;/h5-12,17H,13-16H2,1-4H3,(H,31,32);2*1H. The van der Waals surface area contributed by atoms with Gasteiger partial charge < -0.3 is 14.2 Å². The molecule has 3 aromatic rings. The fraction of sp³-hybridized carbons (Fsp3) is 0.370. The van der Waals surface area contributed by atoms with E-state index in [1.165, 1.54) is 36.4 Å². The van der Waals surface area contributed by atoms with Gasteiger partial charge in [0, 0.05) is 25.6 Å². The molecule has 1 fully saturated rings. The van der Waals surface area contributed by atoms with Gasteiger partial charge in [-0.3, -0.25) is 4.79 Å². The van der Waals surface area contributed by atoms with Crippen LogP contribution in [0.2, 0.25) is 0 Å². The first-order valence-electron chi connectivity index (χ1n) is 12.1. The molecule has 1 aromatic carbocycles. The SMILES string of the molecule is Cc1cccc(S(=O)(=O)NC(=O)c2ccc(-c3cc(F)cc(OCC(C)C)c3)nc2OCC2(C)COC2)n1.[HH].[HH]. The van der Waals surface area contributed by atoms with Crippen LogP contribution < -0.4 is 14.2 Å². The number of carbonyl (C=O) groups is 1. The van der Waals surface area contributed by atoms with E-state index in [9.17, 15) is 17.6 Å². The first kappa shape index (κ1) is 27.5.